The van der Waals surface area contributed by atoms with E-state index in [0.29, 0.717) is 0 Å². The minimum absolute atomic E-state index is 0.241. The summed E-state index contributed by atoms with van der Waals surface area (Å²) in [6.07, 6.45) is 2.81. The van der Waals surface area contributed by atoms with Crippen LogP contribution >= 0.6 is 0 Å². The predicted octanol–water partition coefficient (Wildman–Crippen LogP) is 3.10. The molecule has 0 bridgehead atoms. The van der Waals surface area contributed by atoms with Crippen molar-refractivity contribution in [3.63, 3.8) is 0 Å². The second-order valence-corrected chi connectivity index (χ2v) is 5.65. The number of carbonyl (C=O) groups excluding carboxylic acids is 1. The van der Waals surface area contributed by atoms with Crippen molar-refractivity contribution >= 4 is 5.91 Å². The highest BCUT2D eigenvalue weighted by Gasteiger charge is 2.43. The molecule has 1 amide bonds. The molecule has 0 aliphatic heterocycles. The second-order valence-electron chi connectivity index (χ2n) is 5.65. The van der Waals surface area contributed by atoms with Crippen LogP contribution in [0.4, 0.5) is 0 Å². The summed E-state index contributed by atoms with van der Waals surface area (Å²) in [7, 11) is 0. The van der Waals surface area contributed by atoms with Gasteiger partial charge >= 0.3 is 0 Å². The molecule has 2 aromatic carbocycles. The number of nitrogens with two attached hydrogens (primary N) is 1. The first-order chi connectivity index (χ1) is 9.64. The summed E-state index contributed by atoms with van der Waals surface area (Å²) in [5.41, 5.74) is 9.71. The summed E-state index contributed by atoms with van der Waals surface area (Å²) < 4.78 is 0. The van der Waals surface area contributed by atoms with Crippen LogP contribution in [0, 0.1) is 6.92 Å². The second kappa shape index (κ2) is 4.78. The number of benzene rings is 2. The Labute approximate surface area is 119 Å². The third kappa shape index (κ3) is 1.83. The summed E-state index contributed by atoms with van der Waals surface area (Å²) in [5, 5.41) is 0. The fraction of sp³-hybridized carbons (Fsp3) is 0.278. The highest BCUT2D eigenvalue weighted by Crippen LogP contribution is 2.42. The Morgan fingerprint density at radius 1 is 1.15 bits per heavy atom. The van der Waals surface area contributed by atoms with Crippen molar-refractivity contribution in [3.8, 4) is 0 Å². The number of amides is 1. The van der Waals surface area contributed by atoms with Crippen molar-refractivity contribution in [1.82, 2.24) is 0 Å². The Morgan fingerprint density at radius 3 is 2.70 bits per heavy atom. The zero-order valence-electron chi connectivity index (χ0n) is 11.7. The van der Waals surface area contributed by atoms with Crippen molar-refractivity contribution in [2.75, 3.05) is 0 Å². The van der Waals surface area contributed by atoms with Gasteiger partial charge in [0.25, 0.3) is 0 Å². The molecule has 2 nitrogen and oxygen atoms in total. The fourth-order valence-corrected chi connectivity index (χ4v) is 3.44. The van der Waals surface area contributed by atoms with Gasteiger partial charge in [0, 0.05) is 0 Å². The number of rotatable bonds is 2. The number of carbonyl (C=O) groups is 1. The average Bonchev–Trinajstić information content (AvgIpc) is 2.46. The summed E-state index contributed by atoms with van der Waals surface area (Å²) in [6.45, 7) is 2.05. The predicted molar refractivity (Wildman–Crippen MR) is 80.5 cm³/mol. The lowest BCUT2D eigenvalue weighted by molar-refractivity contribution is -0.122. The van der Waals surface area contributed by atoms with E-state index in [1.807, 2.05) is 37.3 Å². The molecule has 1 aliphatic carbocycles. The molecule has 0 fully saturated rings. The molecule has 102 valence electrons. The monoisotopic (exact) mass is 265 g/mol. The van der Waals surface area contributed by atoms with Gasteiger partial charge < -0.3 is 5.73 Å². The molecule has 0 saturated heterocycles. The summed E-state index contributed by atoms with van der Waals surface area (Å²) >= 11 is 0. The maximum Gasteiger partial charge on any atom is 0.232 e. The number of aryl methyl sites for hydroxylation is 2. The maximum atomic E-state index is 12.4. The number of fused-ring (bicyclic) bond motifs is 1. The van der Waals surface area contributed by atoms with E-state index in [-0.39, 0.29) is 5.91 Å². The largest absolute Gasteiger partial charge is 0.369 e. The van der Waals surface area contributed by atoms with Crippen molar-refractivity contribution in [3.05, 3.63) is 70.8 Å². The molecule has 0 heterocycles. The van der Waals surface area contributed by atoms with Gasteiger partial charge in [-0.2, -0.15) is 0 Å². The van der Waals surface area contributed by atoms with Crippen LogP contribution in [0.3, 0.4) is 0 Å². The van der Waals surface area contributed by atoms with E-state index in [2.05, 4.69) is 18.2 Å². The Kier molecular flexibility index (Phi) is 3.09. The first-order valence-corrected chi connectivity index (χ1v) is 7.10. The van der Waals surface area contributed by atoms with Gasteiger partial charge in [-0.15, -0.1) is 0 Å². The molecular formula is C18H19NO. The SMILES string of the molecule is Cc1cccc(C2(C(N)=O)CCCc3ccccc32)c1. The first kappa shape index (κ1) is 12.9. The van der Waals surface area contributed by atoms with Crippen LogP contribution in [-0.4, -0.2) is 5.91 Å². The Morgan fingerprint density at radius 2 is 1.95 bits per heavy atom. The summed E-state index contributed by atoms with van der Waals surface area (Å²) in [6, 6.07) is 16.4. The third-order valence-electron chi connectivity index (χ3n) is 4.41. The van der Waals surface area contributed by atoms with E-state index in [0.717, 1.165) is 36.0 Å². The molecule has 20 heavy (non-hydrogen) atoms. The zero-order chi connectivity index (χ0) is 14.2. The van der Waals surface area contributed by atoms with Gasteiger partial charge in [0.15, 0.2) is 0 Å². The van der Waals surface area contributed by atoms with E-state index < -0.39 is 5.41 Å². The maximum absolute atomic E-state index is 12.4. The van der Waals surface area contributed by atoms with E-state index in [1.165, 1.54) is 5.56 Å². The number of hydrogen-bond donors (Lipinski definition) is 1. The topological polar surface area (TPSA) is 43.1 Å². The van der Waals surface area contributed by atoms with Crippen LogP contribution in [0.25, 0.3) is 0 Å². The molecule has 3 rings (SSSR count). The minimum Gasteiger partial charge on any atom is -0.369 e. The van der Waals surface area contributed by atoms with Crippen LogP contribution < -0.4 is 5.73 Å². The average molecular weight is 265 g/mol. The van der Waals surface area contributed by atoms with Gasteiger partial charge in [-0.25, -0.2) is 0 Å². The van der Waals surface area contributed by atoms with Gasteiger partial charge in [-0.3, -0.25) is 4.79 Å². The number of primary amides is 1. The molecule has 0 saturated carbocycles. The summed E-state index contributed by atoms with van der Waals surface area (Å²) in [4.78, 5) is 12.4. The minimum atomic E-state index is -0.666. The van der Waals surface area contributed by atoms with E-state index in [4.69, 9.17) is 5.73 Å². The third-order valence-corrected chi connectivity index (χ3v) is 4.41. The van der Waals surface area contributed by atoms with Gasteiger partial charge in [0.05, 0.1) is 5.41 Å². The van der Waals surface area contributed by atoms with Gasteiger partial charge in [-0.05, 0) is 42.9 Å². The van der Waals surface area contributed by atoms with Gasteiger partial charge in [0.1, 0.15) is 0 Å². The van der Waals surface area contributed by atoms with E-state index in [1.54, 1.807) is 0 Å². The molecule has 0 spiro atoms. The Balaban J connectivity index is 2.28. The van der Waals surface area contributed by atoms with Crippen molar-refractivity contribution in [2.45, 2.75) is 31.6 Å². The van der Waals surface area contributed by atoms with E-state index in [9.17, 15) is 4.79 Å². The first-order valence-electron chi connectivity index (χ1n) is 7.10. The molecule has 2 heteroatoms. The molecule has 2 aromatic rings. The van der Waals surface area contributed by atoms with Crippen molar-refractivity contribution < 1.29 is 4.79 Å². The van der Waals surface area contributed by atoms with Crippen LogP contribution in [0.5, 0.6) is 0 Å². The van der Waals surface area contributed by atoms with Crippen LogP contribution in [0.1, 0.15) is 35.1 Å². The molecule has 1 atom stereocenters. The number of hydrogen-bond acceptors (Lipinski definition) is 1. The van der Waals surface area contributed by atoms with Crippen LogP contribution in [-0.2, 0) is 16.6 Å². The molecular weight excluding hydrogens is 246 g/mol. The molecule has 2 N–H and O–H groups in total. The van der Waals surface area contributed by atoms with Crippen molar-refractivity contribution in [2.24, 2.45) is 5.73 Å². The lowest BCUT2D eigenvalue weighted by Crippen LogP contribution is -2.44. The highest BCUT2D eigenvalue weighted by molar-refractivity contribution is 5.91. The molecule has 1 aliphatic rings. The van der Waals surface area contributed by atoms with Gasteiger partial charge in [0.2, 0.25) is 5.91 Å². The van der Waals surface area contributed by atoms with Gasteiger partial charge in [-0.1, -0.05) is 54.1 Å². The Hall–Kier alpha value is -2.09. The zero-order valence-corrected chi connectivity index (χ0v) is 11.7. The van der Waals surface area contributed by atoms with Crippen LogP contribution in [0.15, 0.2) is 48.5 Å². The molecule has 0 radical (unpaired) electrons. The van der Waals surface area contributed by atoms with Crippen molar-refractivity contribution in [1.29, 1.82) is 0 Å². The lowest BCUT2D eigenvalue weighted by atomic mass is 9.65. The standard InChI is InChI=1S/C18H19NO/c1-13-6-4-9-15(12-13)18(17(19)20)11-5-8-14-7-2-3-10-16(14)18/h2-4,6-7,9-10,12H,5,8,11H2,1H3,(H2,19,20). The molecule has 1 unspecified atom stereocenters. The lowest BCUT2D eigenvalue weighted by Gasteiger charge is -2.37. The smallest absolute Gasteiger partial charge is 0.232 e. The fourth-order valence-electron chi connectivity index (χ4n) is 3.44. The van der Waals surface area contributed by atoms with Crippen LogP contribution in [0.2, 0.25) is 0 Å². The molecule has 0 aromatic heterocycles. The summed E-state index contributed by atoms with van der Waals surface area (Å²) in [5.74, 6) is -0.241. The quantitative estimate of drug-likeness (QED) is 0.890. The highest BCUT2D eigenvalue weighted by atomic mass is 16.1. The Bertz CT molecular complexity index is 662. The normalized spacial score (nSPS) is 21.2. The van der Waals surface area contributed by atoms with E-state index >= 15 is 0 Å².